The second-order valence-corrected chi connectivity index (χ2v) is 6.00. The number of halogens is 1. The van der Waals surface area contributed by atoms with Crippen LogP contribution in [0, 0.1) is 5.82 Å². The maximum Gasteiger partial charge on any atom is 0.253 e. The van der Waals surface area contributed by atoms with E-state index in [4.69, 9.17) is 0 Å². The van der Waals surface area contributed by atoms with Gasteiger partial charge in [0.1, 0.15) is 5.82 Å². The minimum Gasteiger partial charge on any atom is -0.502 e. The molecule has 0 fully saturated rings. The number of phenolic OH excluding ortho intramolecular Hbond substituents is 1. The highest BCUT2D eigenvalue weighted by molar-refractivity contribution is 5.83. The molecule has 0 aliphatic rings. The summed E-state index contributed by atoms with van der Waals surface area (Å²) in [6.07, 6.45) is 5.19. The number of rotatable bonds is 4. The lowest BCUT2D eigenvalue weighted by Crippen LogP contribution is -2.14. The van der Waals surface area contributed by atoms with Crippen molar-refractivity contribution in [2.24, 2.45) is 0 Å². The average Bonchev–Trinajstić information content (AvgIpc) is 2.69. The van der Waals surface area contributed by atoms with Crippen molar-refractivity contribution in [1.82, 2.24) is 4.98 Å². The van der Waals surface area contributed by atoms with Gasteiger partial charge in [-0.15, -0.1) is 0 Å². The third-order valence-corrected chi connectivity index (χ3v) is 4.35. The predicted molar refractivity (Wildman–Crippen MR) is 98.3 cm³/mol. The quantitative estimate of drug-likeness (QED) is 0.585. The summed E-state index contributed by atoms with van der Waals surface area (Å²) in [5, 5.41) is 15.2. The number of aromatic hydroxyl groups is 1. The van der Waals surface area contributed by atoms with E-state index in [2.05, 4.69) is 15.3 Å². The summed E-state index contributed by atoms with van der Waals surface area (Å²) in [7, 11) is 0. The molecule has 4 rings (SSSR count). The van der Waals surface area contributed by atoms with E-state index in [9.17, 15) is 9.50 Å². The summed E-state index contributed by atoms with van der Waals surface area (Å²) in [4.78, 5) is 7.16. The molecule has 0 aliphatic carbocycles. The predicted octanol–water partition coefficient (Wildman–Crippen LogP) is 4.10. The van der Waals surface area contributed by atoms with Gasteiger partial charge in [0, 0.05) is 29.7 Å². The maximum absolute atomic E-state index is 13.2. The van der Waals surface area contributed by atoms with E-state index in [1.54, 1.807) is 30.7 Å². The van der Waals surface area contributed by atoms with Crippen LogP contribution in [-0.2, 0) is 0 Å². The first kappa shape index (κ1) is 16.0. The molecule has 0 amide bonds. The summed E-state index contributed by atoms with van der Waals surface area (Å²) >= 11 is 0. The minimum absolute atomic E-state index is 0.180. The zero-order chi connectivity index (χ0) is 17.9. The molecule has 26 heavy (non-hydrogen) atoms. The summed E-state index contributed by atoms with van der Waals surface area (Å²) in [5.74, 6) is -0.112. The van der Waals surface area contributed by atoms with Crippen molar-refractivity contribution >= 4 is 16.6 Å². The molecule has 128 valence electrons. The van der Waals surface area contributed by atoms with Crippen molar-refractivity contribution in [3.8, 4) is 5.75 Å². The van der Waals surface area contributed by atoms with Crippen LogP contribution in [0.15, 0.2) is 79.3 Å². The zero-order valence-corrected chi connectivity index (χ0v) is 13.9. The van der Waals surface area contributed by atoms with Crippen LogP contribution >= 0.6 is 0 Å². The van der Waals surface area contributed by atoms with Gasteiger partial charge in [-0.1, -0.05) is 6.07 Å². The smallest absolute Gasteiger partial charge is 0.253 e. The number of aromatic nitrogens is 2. The Morgan fingerprint density at radius 3 is 2.50 bits per heavy atom. The molecule has 4 aromatic rings. The van der Waals surface area contributed by atoms with Gasteiger partial charge < -0.3 is 10.4 Å². The summed E-state index contributed by atoms with van der Waals surface area (Å²) in [5.41, 5.74) is 3.08. The van der Waals surface area contributed by atoms with Crippen molar-refractivity contribution in [3.63, 3.8) is 0 Å². The standard InChI is InChI=1S/C21H16FN3O/c22-16-4-6-17(7-5-16)25-19(15-9-12-23-13-10-15)18-8-3-14-2-1-11-24-20(14)21(18)26/h1-13,19,25-26H/p+1. The number of anilines is 1. The topological polar surface area (TPSA) is 59.3 Å². The van der Waals surface area contributed by atoms with E-state index in [0.29, 0.717) is 5.52 Å². The van der Waals surface area contributed by atoms with Gasteiger partial charge in [0.05, 0.1) is 11.4 Å². The van der Waals surface area contributed by atoms with Crippen LogP contribution in [0.4, 0.5) is 10.1 Å². The van der Waals surface area contributed by atoms with Gasteiger partial charge in [-0.3, -0.25) is 4.98 Å². The summed E-state index contributed by atoms with van der Waals surface area (Å²) in [6, 6.07) is 17.3. The van der Waals surface area contributed by atoms with E-state index >= 15 is 0 Å². The number of fused-ring (bicyclic) bond motifs is 1. The molecule has 0 aliphatic heterocycles. The van der Waals surface area contributed by atoms with Crippen molar-refractivity contribution < 1.29 is 14.5 Å². The van der Waals surface area contributed by atoms with Gasteiger partial charge in [-0.25, -0.2) is 9.37 Å². The fourth-order valence-corrected chi connectivity index (χ4v) is 3.04. The fourth-order valence-electron chi connectivity index (χ4n) is 3.04. The Bertz CT molecular complexity index is 1040. The lowest BCUT2D eigenvalue weighted by molar-refractivity contribution is -0.345. The number of pyridine rings is 2. The van der Waals surface area contributed by atoms with Gasteiger partial charge in [-0.05, 0) is 54.1 Å². The summed E-state index contributed by atoms with van der Waals surface area (Å²) in [6.45, 7) is 0. The zero-order valence-electron chi connectivity index (χ0n) is 13.9. The first-order chi connectivity index (χ1) is 12.7. The molecule has 2 aromatic heterocycles. The number of H-pyrrole nitrogens is 1. The Hall–Kier alpha value is -3.47. The van der Waals surface area contributed by atoms with E-state index in [1.165, 1.54) is 12.1 Å². The number of benzene rings is 2. The highest BCUT2D eigenvalue weighted by Crippen LogP contribution is 2.35. The molecule has 3 N–H and O–H groups in total. The lowest BCUT2D eigenvalue weighted by atomic mass is 9.96. The van der Waals surface area contributed by atoms with Crippen LogP contribution in [-0.4, -0.2) is 10.1 Å². The molecule has 2 aromatic carbocycles. The number of hydrogen-bond donors (Lipinski definition) is 2. The molecule has 2 heterocycles. The van der Waals surface area contributed by atoms with Crippen LogP contribution in [0.2, 0.25) is 0 Å². The molecule has 0 saturated heterocycles. The van der Waals surface area contributed by atoms with Gasteiger partial charge in [0.2, 0.25) is 0 Å². The molecule has 1 unspecified atom stereocenters. The van der Waals surface area contributed by atoms with E-state index in [-0.39, 0.29) is 17.6 Å². The maximum atomic E-state index is 13.2. The largest absolute Gasteiger partial charge is 0.502 e. The van der Waals surface area contributed by atoms with Gasteiger partial charge >= 0.3 is 0 Å². The molecule has 0 bridgehead atoms. The molecule has 5 heteroatoms. The van der Waals surface area contributed by atoms with E-state index in [1.807, 2.05) is 36.4 Å². The molecule has 0 radical (unpaired) electrons. The number of nitrogens with one attached hydrogen (secondary N) is 2. The second kappa shape index (κ2) is 6.80. The number of hydrogen-bond acceptors (Lipinski definition) is 3. The third kappa shape index (κ3) is 3.07. The first-order valence-electron chi connectivity index (χ1n) is 8.27. The number of aromatic amines is 1. The molecule has 4 nitrogen and oxygen atoms in total. The monoisotopic (exact) mass is 346 g/mol. The Morgan fingerprint density at radius 1 is 0.962 bits per heavy atom. The SMILES string of the molecule is Oc1c(C(Nc2ccc(F)cc2)c2ccncc2)ccc2ccc[nH+]c12. The highest BCUT2D eigenvalue weighted by atomic mass is 19.1. The lowest BCUT2D eigenvalue weighted by Gasteiger charge is -2.21. The van der Waals surface area contributed by atoms with Gasteiger partial charge in [-0.2, -0.15) is 0 Å². The van der Waals surface area contributed by atoms with Crippen molar-refractivity contribution in [2.45, 2.75) is 6.04 Å². The molecular weight excluding hydrogens is 329 g/mol. The average molecular weight is 346 g/mol. The van der Waals surface area contributed by atoms with Crippen molar-refractivity contribution in [3.05, 3.63) is 96.2 Å². The number of phenols is 1. The highest BCUT2D eigenvalue weighted by Gasteiger charge is 2.21. The minimum atomic E-state index is -0.318. The molecule has 0 spiro atoms. The van der Waals surface area contributed by atoms with E-state index in [0.717, 1.165) is 22.2 Å². The Balaban J connectivity index is 1.83. The van der Waals surface area contributed by atoms with Crippen LogP contribution in [0.3, 0.4) is 0 Å². The Kier molecular flexibility index (Phi) is 4.19. The second-order valence-electron chi connectivity index (χ2n) is 6.00. The normalized spacial score (nSPS) is 12.0. The molecular formula is C21H17FN3O+. The first-order valence-corrected chi connectivity index (χ1v) is 8.27. The van der Waals surface area contributed by atoms with Crippen molar-refractivity contribution in [1.29, 1.82) is 0 Å². The Morgan fingerprint density at radius 2 is 1.73 bits per heavy atom. The fraction of sp³-hybridized carbons (Fsp3) is 0.0476. The molecule has 1 atom stereocenters. The number of nitrogens with zero attached hydrogens (tertiary/aromatic N) is 1. The van der Waals surface area contributed by atoms with Crippen LogP contribution in [0.5, 0.6) is 5.75 Å². The van der Waals surface area contributed by atoms with Crippen molar-refractivity contribution in [2.75, 3.05) is 5.32 Å². The van der Waals surface area contributed by atoms with Crippen LogP contribution < -0.4 is 10.3 Å². The van der Waals surface area contributed by atoms with Gasteiger partial charge in [0.15, 0.2) is 11.9 Å². The Labute approximate surface area is 150 Å². The van der Waals surface area contributed by atoms with Crippen LogP contribution in [0.25, 0.3) is 10.9 Å². The van der Waals surface area contributed by atoms with Gasteiger partial charge in [0.25, 0.3) is 5.52 Å². The molecule has 0 saturated carbocycles. The summed E-state index contributed by atoms with van der Waals surface area (Å²) < 4.78 is 13.2. The van der Waals surface area contributed by atoms with E-state index < -0.39 is 0 Å². The van der Waals surface area contributed by atoms with Crippen LogP contribution in [0.1, 0.15) is 17.2 Å². The third-order valence-electron chi connectivity index (χ3n) is 4.35.